The summed E-state index contributed by atoms with van der Waals surface area (Å²) in [5.41, 5.74) is 1.08. The van der Waals surface area contributed by atoms with Crippen LogP contribution in [0.2, 0.25) is 0 Å². The molecule has 0 spiro atoms. The van der Waals surface area contributed by atoms with Gasteiger partial charge in [0, 0.05) is 5.56 Å². The van der Waals surface area contributed by atoms with Gasteiger partial charge in [-0.2, -0.15) is 0 Å². The highest BCUT2D eigenvalue weighted by molar-refractivity contribution is 7.17. The molecule has 2 aromatic carbocycles. The summed E-state index contributed by atoms with van der Waals surface area (Å²) in [7, 11) is 3.94. The maximum absolute atomic E-state index is 13.3. The molecule has 0 saturated carbocycles. The molecule has 1 aliphatic rings. The molecule has 3 aromatic rings. The van der Waals surface area contributed by atoms with Crippen molar-refractivity contribution in [3.05, 3.63) is 81.4 Å². The van der Waals surface area contributed by atoms with Crippen molar-refractivity contribution in [2.45, 2.75) is 13.0 Å². The lowest BCUT2D eigenvalue weighted by Gasteiger charge is -2.23. The molecule has 1 fully saturated rings. The Balaban J connectivity index is 1.93. The van der Waals surface area contributed by atoms with E-state index in [1.165, 1.54) is 39.5 Å². The number of rotatable bonds is 6. The highest BCUT2D eigenvalue weighted by Crippen LogP contribution is 2.44. The molecule has 11 heteroatoms. The Kier molecular flexibility index (Phi) is 7.07. The molecule has 37 heavy (non-hydrogen) atoms. The standard InChI is InChI=1S/C26H22N2O8S/c1-13-22(25(33)36-4)37-26(27-13)28-19(14-8-10-15(11-9-14)24(32)35-3)18(21(30)23(28)31)20(29)16-6-5-7-17(12-16)34-2/h5-12,19,29H,1-4H3. The minimum atomic E-state index is -1.10. The van der Waals surface area contributed by atoms with Gasteiger partial charge in [0.05, 0.1) is 44.2 Å². The number of thiazole rings is 1. The molecule has 0 aliphatic carbocycles. The number of aliphatic hydroxyl groups excluding tert-OH is 1. The number of ketones is 1. The number of aliphatic hydroxyl groups is 1. The topological polar surface area (TPSA) is 132 Å². The number of ether oxygens (including phenoxy) is 3. The van der Waals surface area contributed by atoms with Gasteiger partial charge < -0.3 is 19.3 Å². The Morgan fingerprint density at radius 1 is 0.973 bits per heavy atom. The fraction of sp³-hybridized carbons (Fsp3) is 0.192. The van der Waals surface area contributed by atoms with Crippen LogP contribution in [0.1, 0.15) is 42.9 Å². The fourth-order valence-electron chi connectivity index (χ4n) is 3.96. The van der Waals surface area contributed by atoms with Gasteiger partial charge in [0.2, 0.25) is 0 Å². The number of methoxy groups -OCH3 is 3. The molecular formula is C26H22N2O8S. The summed E-state index contributed by atoms with van der Waals surface area (Å²) in [5.74, 6) is -3.03. The molecule has 2 heterocycles. The summed E-state index contributed by atoms with van der Waals surface area (Å²) in [6, 6.07) is 11.4. The first kappa shape index (κ1) is 25.6. The van der Waals surface area contributed by atoms with Crippen molar-refractivity contribution >= 4 is 45.9 Å². The Bertz CT molecular complexity index is 1440. The average molecular weight is 523 g/mol. The second kappa shape index (κ2) is 10.2. The Hall–Kier alpha value is -4.51. The summed E-state index contributed by atoms with van der Waals surface area (Å²) in [6.07, 6.45) is 0. The smallest absolute Gasteiger partial charge is 0.350 e. The second-order valence-corrected chi connectivity index (χ2v) is 8.89. The van der Waals surface area contributed by atoms with Crippen molar-refractivity contribution in [3.8, 4) is 5.75 Å². The molecule has 1 aliphatic heterocycles. The summed E-state index contributed by atoms with van der Waals surface area (Å²) in [5, 5.41) is 11.3. The Labute approximate surface area is 215 Å². The van der Waals surface area contributed by atoms with E-state index in [-0.39, 0.29) is 26.7 Å². The predicted molar refractivity (Wildman–Crippen MR) is 134 cm³/mol. The zero-order valence-electron chi connectivity index (χ0n) is 20.3. The van der Waals surface area contributed by atoms with Gasteiger partial charge in [-0.05, 0) is 36.8 Å². The van der Waals surface area contributed by atoms with Crippen LogP contribution < -0.4 is 9.64 Å². The van der Waals surface area contributed by atoms with Gasteiger partial charge in [0.1, 0.15) is 16.4 Å². The number of aromatic nitrogens is 1. The first-order chi connectivity index (χ1) is 17.7. The largest absolute Gasteiger partial charge is 0.507 e. The molecule has 10 nitrogen and oxygen atoms in total. The minimum absolute atomic E-state index is 0.0757. The van der Waals surface area contributed by atoms with Crippen molar-refractivity contribution in [2.75, 3.05) is 26.2 Å². The first-order valence-electron chi connectivity index (χ1n) is 10.9. The zero-order chi connectivity index (χ0) is 26.9. The van der Waals surface area contributed by atoms with Crippen LogP contribution in [0.25, 0.3) is 5.76 Å². The van der Waals surface area contributed by atoms with Crippen LogP contribution in [0.4, 0.5) is 5.13 Å². The summed E-state index contributed by atoms with van der Waals surface area (Å²) in [4.78, 5) is 56.4. The molecule has 1 amide bonds. The number of esters is 2. The van der Waals surface area contributed by atoms with E-state index < -0.39 is 35.4 Å². The quantitative estimate of drug-likeness (QED) is 0.223. The Morgan fingerprint density at radius 3 is 2.27 bits per heavy atom. The van der Waals surface area contributed by atoms with E-state index in [0.29, 0.717) is 17.0 Å². The number of anilines is 1. The molecule has 1 unspecified atom stereocenters. The van der Waals surface area contributed by atoms with Gasteiger partial charge in [0.15, 0.2) is 5.13 Å². The number of aryl methyl sites for hydroxylation is 1. The van der Waals surface area contributed by atoms with Crippen molar-refractivity contribution in [1.29, 1.82) is 0 Å². The Morgan fingerprint density at radius 2 is 1.65 bits per heavy atom. The van der Waals surface area contributed by atoms with Crippen molar-refractivity contribution < 1.29 is 38.5 Å². The summed E-state index contributed by atoms with van der Waals surface area (Å²) >= 11 is 0.890. The van der Waals surface area contributed by atoms with Crippen LogP contribution in [-0.4, -0.2) is 55.0 Å². The van der Waals surface area contributed by atoms with Crippen molar-refractivity contribution in [3.63, 3.8) is 0 Å². The third kappa shape index (κ3) is 4.56. The van der Waals surface area contributed by atoms with Gasteiger partial charge in [-0.25, -0.2) is 14.6 Å². The second-order valence-electron chi connectivity index (χ2n) is 7.92. The maximum atomic E-state index is 13.3. The zero-order valence-corrected chi connectivity index (χ0v) is 21.1. The summed E-state index contributed by atoms with van der Waals surface area (Å²) in [6.45, 7) is 1.58. The SMILES string of the molecule is COC(=O)c1ccc(C2C(=C(O)c3cccc(OC)c3)C(=O)C(=O)N2c2nc(C)c(C(=O)OC)s2)cc1. The lowest BCUT2D eigenvalue weighted by molar-refractivity contribution is -0.132. The number of benzene rings is 2. The molecule has 1 N–H and O–H groups in total. The highest BCUT2D eigenvalue weighted by Gasteiger charge is 2.48. The maximum Gasteiger partial charge on any atom is 0.350 e. The van der Waals surface area contributed by atoms with Gasteiger partial charge in [-0.3, -0.25) is 14.5 Å². The molecule has 1 aromatic heterocycles. The van der Waals surface area contributed by atoms with E-state index in [1.807, 2.05) is 0 Å². The van der Waals surface area contributed by atoms with Crippen LogP contribution >= 0.6 is 11.3 Å². The molecule has 190 valence electrons. The van der Waals surface area contributed by atoms with Crippen molar-refractivity contribution in [1.82, 2.24) is 4.98 Å². The minimum Gasteiger partial charge on any atom is -0.507 e. The monoisotopic (exact) mass is 522 g/mol. The third-order valence-corrected chi connectivity index (χ3v) is 6.93. The number of Topliss-reactive ketones (excluding diaryl/α,β-unsaturated/α-hetero) is 1. The number of hydrogen-bond acceptors (Lipinski definition) is 10. The van der Waals surface area contributed by atoms with Gasteiger partial charge in [-0.15, -0.1) is 0 Å². The average Bonchev–Trinajstić information content (AvgIpc) is 3.43. The molecular weight excluding hydrogens is 500 g/mol. The molecule has 4 rings (SSSR count). The van der Waals surface area contributed by atoms with Gasteiger partial charge >= 0.3 is 17.8 Å². The van der Waals surface area contributed by atoms with E-state index >= 15 is 0 Å². The van der Waals surface area contributed by atoms with Gasteiger partial charge in [-0.1, -0.05) is 35.6 Å². The number of nitrogens with zero attached hydrogens (tertiary/aromatic N) is 2. The van der Waals surface area contributed by atoms with E-state index in [9.17, 15) is 24.3 Å². The third-order valence-electron chi connectivity index (χ3n) is 5.80. The van der Waals surface area contributed by atoms with E-state index in [1.54, 1.807) is 37.3 Å². The van der Waals surface area contributed by atoms with Crippen LogP contribution in [0.3, 0.4) is 0 Å². The predicted octanol–water partition coefficient (Wildman–Crippen LogP) is 3.66. The van der Waals surface area contributed by atoms with E-state index in [0.717, 1.165) is 16.2 Å². The van der Waals surface area contributed by atoms with Crippen LogP contribution in [0.15, 0.2) is 54.1 Å². The first-order valence-corrected chi connectivity index (χ1v) is 11.7. The number of carbonyl (C=O) groups is 4. The number of hydrogen-bond donors (Lipinski definition) is 1. The lowest BCUT2D eigenvalue weighted by atomic mass is 9.94. The summed E-state index contributed by atoms with van der Waals surface area (Å²) < 4.78 is 14.8. The number of carbonyl (C=O) groups excluding carboxylic acids is 4. The van der Waals surface area contributed by atoms with Crippen LogP contribution in [0, 0.1) is 6.92 Å². The van der Waals surface area contributed by atoms with Crippen LogP contribution in [-0.2, 0) is 19.1 Å². The molecule has 1 saturated heterocycles. The normalized spacial score (nSPS) is 16.5. The molecule has 1 atom stereocenters. The molecule has 0 radical (unpaired) electrons. The lowest BCUT2D eigenvalue weighted by Crippen LogP contribution is -2.29. The highest BCUT2D eigenvalue weighted by atomic mass is 32.1. The van der Waals surface area contributed by atoms with E-state index in [2.05, 4.69) is 4.98 Å². The number of amides is 1. The van der Waals surface area contributed by atoms with Gasteiger partial charge in [0.25, 0.3) is 5.78 Å². The molecule has 0 bridgehead atoms. The fourth-order valence-corrected chi connectivity index (χ4v) is 4.97. The van der Waals surface area contributed by atoms with Crippen LogP contribution in [0.5, 0.6) is 5.75 Å². The van der Waals surface area contributed by atoms with E-state index in [4.69, 9.17) is 14.2 Å². The van der Waals surface area contributed by atoms with Crippen molar-refractivity contribution in [2.24, 2.45) is 0 Å².